The Bertz CT molecular complexity index is 275. The first-order chi connectivity index (χ1) is 10.2. The molecule has 2 N–H and O–H groups in total. The van der Waals surface area contributed by atoms with Gasteiger partial charge in [0.15, 0.2) is 0 Å². The third-order valence-corrected chi connectivity index (χ3v) is 2.23. The smallest absolute Gasteiger partial charge is 0.246 e. The Morgan fingerprint density at radius 2 is 1.38 bits per heavy atom. The van der Waals surface area contributed by atoms with Crippen molar-refractivity contribution in [3.63, 3.8) is 0 Å². The first-order valence-corrected chi connectivity index (χ1v) is 6.90. The lowest BCUT2D eigenvalue weighted by molar-refractivity contribution is -0.126. The van der Waals surface area contributed by atoms with Gasteiger partial charge in [-0.15, -0.1) is 0 Å². The van der Waals surface area contributed by atoms with E-state index in [0.29, 0.717) is 52.7 Å². The lowest BCUT2D eigenvalue weighted by Crippen LogP contribution is -2.31. The summed E-state index contributed by atoms with van der Waals surface area (Å²) in [5, 5.41) is 5.27. The predicted molar refractivity (Wildman–Crippen MR) is 76.0 cm³/mol. The standard InChI is InChI=1S/C13H26N2O6/c1-12(16)14-3-5-20-9-10-21-11-13(17)15-4-6-19-8-7-18-2/h3-11H2,1-2H3,(H,14,16)(H,15,17). The maximum Gasteiger partial charge on any atom is 0.246 e. The van der Waals surface area contributed by atoms with Crippen LogP contribution in [-0.2, 0) is 28.5 Å². The van der Waals surface area contributed by atoms with E-state index in [2.05, 4.69) is 10.6 Å². The summed E-state index contributed by atoms with van der Waals surface area (Å²) in [6, 6.07) is 0. The van der Waals surface area contributed by atoms with Crippen molar-refractivity contribution < 1.29 is 28.5 Å². The molecule has 0 aromatic rings. The molecule has 0 radical (unpaired) electrons. The van der Waals surface area contributed by atoms with Gasteiger partial charge in [0.1, 0.15) is 6.61 Å². The van der Waals surface area contributed by atoms with Crippen molar-refractivity contribution in [2.45, 2.75) is 6.92 Å². The molecule has 0 spiro atoms. The third kappa shape index (κ3) is 16.7. The van der Waals surface area contributed by atoms with Gasteiger partial charge in [0.25, 0.3) is 0 Å². The minimum absolute atomic E-state index is 0.00682. The van der Waals surface area contributed by atoms with E-state index < -0.39 is 0 Å². The molecule has 2 amide bonds. The summed E-state index contributed by atoms with van der Waals surface area (Å²) >= 11 is 0. The summed E-state index contributed by atoms with van der Waals surface area (Å²) in [7, 11) is 1.60. The number of nitrogens with one attached hydrogen (secondary N) is 2. The van der Waals surface area contributed by atoms with E-state index in [1.165, 1.54) is 6.92 Å². The van der Waals surface area contributed by atoms with Crippen molar-refractivity contribution in [2.75, 3.05) is 66.4 Å². The van der Waals surface area contributed by atoms with Crippen LogP contribution in [0.2, 0.25) is 0 Å². The zero-order valence-electron chi connectivity index (χ0n) is 12.8. The SMILES string of the molecule is COCCOCCNC(=O)COCCOCCNC(C)=O. The first-order valence-electron chi connectivity index (χ1n) is 6.90. The molecule has 0 rings (SSSR count). The molecule has 0 bridgehead atoms. The molecule has 0 aromatic carbocycles. The quantitative estimate of drug-likeness (QED) is 0.397. The highest BCUT2D eigenvalue weighted by molar-refractivity contribution is 5.77. The van der Waals surface area contributed by atoms with Gasteiger partial charge >= 0.3 is 0 Å². The number of methoxy groups -OCH3 is 1. The topological polar surface area (TPSA) is 95.1 Å². The van der Waals surface area contributed by atoms with E-state index >= 15 is 0 Å². The summed E-state index contributed by atoms with van der Waals surface area (Å²) < 4.78 is 20.3. The minimum atomic E-state index is -0.191. The number of ether oxygens (including phenoxy) is 4. The fourth-order valence-electron chi connectivity index (χ4n) is 1.24. The molecule has 0 saturated heterocycles. The van der Waals surface area contributed by atoms with Gasteiger partial charge in [0.05, 0.1) is 39.6 Å². The van der Waals surface area contributed by atoms with Crippen LogP contribution in [0, 0.1) is 0 Å². The molecule has 124 valence electrons. The maximum atomic E-state index is 11.3. The highest BCUT2D eigenvalue weighted by Gasteiger charge is 2.00. The molecule has 8 nitrogen and oxygen atoms in total. The molecular formula is C13H26N2O6. The second kappa shape index (κ2) is 15.2. The monoisotopic (exact) mass is 306 g/mol. The number of hydrogen-bond acceptors (Lipinski definition) is 6. The Hall–Kier alpha value is -1.22. The van der Waals surface area contributed by atoms with Gasteiger partial charge in [-0.1, -0.05) is 0 Å². The van der Waals surface area contributed by atoms with E-state index in [1.807, 2.05) is 0 Å². The van der Waals surface area contributed by atoms with Gasteiger partial charge < -0.3 is 29.6 Å². The molecule has 21 heavy (non-hydrogen) atoms. The van der Waals surface area contributed by atoms with Gasteiger partial charge in [-0.05, 0) is 0 Å². The summed E-state index contributed by atoms with van der Waals surface area (Å²) in [6.07, 6.45) is 0. The van der Waals surface area contributed by atoms with Gasteiger partial charge in [-0.3, -0.25) is 9.59 Å². The number of carbonyl (C=O) groups is 2. The summed E-state index contributed by atoms with van der Waals surface area (Å²) in [5.41, 5.74) is 0. The van der Waals surface area contributed by atoms with Crippen LogP contribution < -0.4 is 10.6 Å². The Kier molecular flexibility index (Phi) is 14.3. The highest BCUT2D eigenvalue weighted by Crippen LogP contribution is 1.80. The second-order valence-corrected chi connectivity index (χ2v) is 4.10. The molecule has 0 aromatic heterocycles. The Labute approximate surface area is 125 Å². The molecule has 8 heteroatoms. The number of hydrogen-bond donors (Lipinski definition) is 2. The van der Waals surface area contributed by atoms with Crippen molar-refractivity contribution in [3.05, 3.63) is 0 Å². The third-order valence-electron chi connectivity index (χ3n) is 2.23. The molecule has 0 heterocycles. The molecule has 0 unspecified atom stereocenters. The normalized spacial score (nSPS) is 10.4. The second-order valence-electron chi connectivity index (χ2n) is 4.10. The van der Waals surface area contributed by atoms with Crippen molar-refractivity contribution >= 4 is 11.8 Å². The average molecular weight is 306 g/mol. The van der Waals surface area contributed by atoms with Crippen molar-refractivity contribution in [3.8, 4) is 0 Å². The molecule has 0 aliphatic carbocycles. The van der Waals surface area contributed by atoms with Crippen LogP contribution in [0.15, 0.2) is 0 Å². The molecule has 0 aliphatic heterocycles. The Morgan fingerprint density at radius 1 is 0.810 bits per heavy atom. The molecule has 0 atom stereocenters. The van der Waals surface area contributed by atoms with E-state index in [9.17, 15) is 9.59 Å². The molecule has 0 fully saturated rings. The van der Waals surface area contributed by atoms with Crippen LogP contribution in [-0.4, -0.2) is 78.3 Å². The lowest BCUT2D eigenvalue weighted by Gasteiger charge is -2.07. The average Bonchev–Trinajstić information content (AvgIpc) is 2.45. The van der Waals surface area contributed by atoms with Crippen molar-refractivity contribution in [1.82, 2.24) is 10.6 Å². The van der Waals surface area contributed by atoms with Crippen LogP contribution >= 0.6 is 0 Å². The predicted octanol–water partition coefficient (Wildman–Crippen LogP) is -1.07. The van der Waals surface area contributed by atoms with E-state index in [4.69, 9.17) is 18.9 Å². The van der Waals surface area contributed by atoms with E-state index in [1.54, 1.807) is 7.11 Å². The molecule has 0 aliphatic rings. The summed E-state index contributed by atoms with van der Waals surface area (Å²) in [5.74, 6) is -0.277. The van der Waals surface area contributed by atoms with Gasteiger partial charge in [0.2, 0.25) is 11.8 Å². The van der Waals surface area contributed by atoms with Gasteiger partial charge in [0, 0.05) is 27.1 Å². The molecular weight excluding hydrogens is 280 g/mol. The van der Waals surface area contributed by atoms with Crippen LogP contribution in [0.5, 0.6) is 0 Å². The van der Waals surface area contributed by atoms with Crippen LogP contribution in [0.3, 0.4) is 0 Å². The fourth-order valence-corrected chi connectivity index (χ4v) is 1.24. The van der Waals surface area contributed by atoms with Gasteiger partial charge in [-0.25, -0.2) is 0 Å². The van der Waals surface area contributed by atoms with E-state index in [0.717, 1.165) is 0 Å². The highest BCUT2D eigenvalue weighted by atomic mass is 16.5. The van der Waals surface area contributed by atoms with Crippen molar-refractivity contribution in [1.29, 1.82) is 0 Å². The van der Waals surface area contributed by atoms with Crippen LogP contribution in [0.1, 0.15) is 6.92 Å². The zero-order valence-corrected chi connectivity index (χ0v) is 12.8. The minimum Gasteiger partial charge on any atom is -0.382 e. The lowest BCUT2D eigenvalue weighted by atomic mass is 10.6. The number of rotatable bonds is 14. The van der Waals surface area contributed by atoms with Crippen molar-refractivity contribution in [2.24, 2.45) is 0 Å². The Balaban J connectivity index is 3.17. The van der Waals surface area contributed by atoms with Gasteiger partial charge in [-0.2, -0.15) is 0 Å². The van der Waals surface area contributed by atoms with E-state index in [-0.39, 0.29) is 18.4 Å². The first kappa shape index (κ1) is 19.8. The summed E-state index contributed by atoms with van der Waals surface area (Å²) in [6.45, 7) is 4.99. The summed E-state index contributed by atoms with van der Waals surface area (Å²) in [4.78, 5) is 21.9. The zero-order chi connectivity index (χ0) is 15.8. The number of amides is 2. The fraction of sp³-hybridized carbons (Fsp3) is 0.846. The maximum absolute atomic E-state index is 11.3. The number of carbonyl (C=O) groups excluding carboxylic acids is 2. The largest absolute Gasteiger partial charge is 0.382 e. The van der Waals surface area contributed by atoms with Crippen LogP contribution in [0.25, 0.3) is 0 Å². The molecule has 0 saturated carbocycles. The van der Waals surface area contributed by atoms with Crippen LogP contribution in [0.4, 0.5) is 0 Å². The Morgan fingerprint density at radius 3 is 2.00 bits per heavy atom.